The van der Waals surface area contributed by atoms with Crippen LogP contribution in [-0.4, -0.2) is 70.2 Å². The molecule has 2 saturated heterocycles. The van der Waals surface area contributed by atoms with Crippen LogP contribution < -0.4 is 20.8 Å². The van der Waals surface area contributed by atoms with Gasteiger partial charge < -0.3 is 30.0 Å². The summed E-state index contributed by atoms with van der Waals surface area (Å²) in [5.74, 6) is 0.279. The first-order valence-corrected chi connectivity index (χ1v) is 12.7. The summed E-state index contributed by atoms with van der Waals surface area (Å²) in [6, 6.07) is 9.20. The van der Waals surface area contributed by atoms with Crippen LogP contribution in [0.4, 0.5) is 10.5 Å². The highest BCUT2D eigenvalue weighted by Crippen LogP contribution is 2.36. The van der Waals surface area contributed by atoms with Crippen molar-refractivity contribution in [2.75, 3.05) is 32.0 Å². The van der Waals surface area contributed by atoms with Crippen molar-refractivity contribution in [3.8, 4) is 5.75 Å². The molecule has 3 atom stereocenters. The summed E-state index contributed by atoms with van der Waals surface area (Å²) in [4.78, 5) is 53.9. The normalized spacial score (nSPS) is 22.2. The van der Waals surface area contributed by atoms with Crippen LogP contribution in [-0.2, 0) is 22.6 Å². The number of hydrogen-bond acceptors (Lipinski definition) is 8. The van der Waals surface area contributed by atoms with Crippen LogP contribution in [0.15, 0.2) is 41.2 Å². The van der Waals surface area contributed by atoms with Gasteiger partial charge in [0.05, 0.1) is 7.11 Å². The average Bonchev–Trinajstić information content (AvgIpc) is 3.18. The van der Waals surface area contributed by atoms with Crippen LogP contribution in [0.5, 0.6) is 5.75 Å². The van der Waals surface area contributed by atoms with E-state index in [4.69, 9.17) is 4.74 Å². The van der Waals surface area contributed by atoms with Gasteiger partial charge in [0.1, 0.15) is 17.5 Å². The molecule has 3 aliphatic rings. The lowest BCUT2D eigenvalue weighted by atomic mass is 9.83. The van der Waals surface area contributed by atoms with Gasteiger partial charge in [-0.25, -0.2) is 4.79 Å². The fourth-order valence-corrected chi connectivity index (χ4v) is 5.73. The molecule has 5 rings (SSSR count). The number of aromatic nitrogens is 1. The zero-order valence-electron chi connectivity index (χ0n) is 21.0. The van der Waals surface area contributed by atoms with E-state index in [1.54, 1.807) is 18.1 Å². The molecule has 12 heteroatoms. The number of nitrogens with zero attached hydrogens (tertiary/aromatic N) is 4. The second-order valence-electron chi connectivity index (χ2n) is 10.1. The van der Waals surface area contributed by atoms with Gasteiger partial charge in [0.25, 0.3) is 11.5 Å². The van der Waals surface area contributed by atoms with Crippen LogP contribution in [0.1, 0.15) is 36.4 Å². The lowest BCUT2D eigenvalue weighted by Crippen LogP contribution is -2.49. The molecule has 2 aromatic rings. The van der Waals surface area contributed by atoms with Gasteiger partial charge >= 0.3 is 6.03 Å². The second-order valence-corrected chi connectivity index (χ2v) is 10.1. The summed E-state index contributed by atoms with van der Waals surface area (Å²) in [6.07, 6.45) is 1.67. The number of methoxy groups -OCH3 is 1. The SMILES string of the molecule is COc1ccc(CCN2C(=O)NC(CCC(=O)N3CC4CC(C3)c3ccc(N([O-])O)c(=O)n3C4)C2=O)cc1. The van der Waals surface area contributed by atoms with Crippen molar-refractivity contribution in [2.24, 2.45) is 5.92 Å². The number of benzene rings is 1. The molecule has 0 radical (unpaired) electrons. The summed E-state index contributed by atoms with van der Waals surface area (Å²) in [6.45, 7) is 1.49. The third kappa shape index (κ3) is 4.96. The van der Waals surface area contributed by atoms with Crippen molar-refractivity contribution in [1.29, 1.82) is 0 Å². The molecular weight excluding hydrogens is 494 g/mol. The molecule has 4 heterocycles. The topological polar surface area (TPSA) is 147 Å². The zero-order chi connectivity index (χ0) is 27.0. The number of carbonyl (C=O) groups is 3. The third-order valence-electron chi connectivity index (χ3n) is 7.68. The van der Waals surface area contributed by atoms with E-state index < -0.39 is 22.9 Å². The van der Waals surface area contributed by atoms with E-state index in [0.717, 1.165) is 23.4 Å². The van der Waals surface area contributed by atoms with Gasteiger partial charge in [0, 0.05) is 44.2 Å². The van der Waals surface area contributed by atoms with Gasteiger partial charge in [-0.3, -0.25) is 24.5 Å². The second kappa shape index (κ2) is 10.5. The first kappa shape index (κ1) is 25.7. The van der Waals surface area contributed by atoms with E-state index in [-0.39, 0.29) is 48.7 Å². The molecule has 3 aliphatic heterocycles. The number of anilines is 1. The zero-order valence-corrected chi connectivity index (χ0v) is 21.0. The molecule has 202 valence electrons. The lowest BCUT2D eigenvalue weighted by Gasteiger charge is -2.43. The van der Waals surface area contributed by atoms with Gasteiger partial charge in [0.2, 0.25) is 5.91 Å². The highest BCUT2D eigenvalue weighted by Gasteiger charge is 2.39. The molecule has 1 aromatic heterocycles. The van der Waals surface area contributed by atoms with Crippen LogP contribution >= 0.6 is 0 Å². The molecule has 38 heavy (non-hydrogen) atoms. The van der Waals surface area contributed by atoms with Crippen molar-refractivity contribution in [3.63, 3.8) is 0 Å². The number of ether oxygens (including phenoxy) is 1. The molecule has 12 nitrogen and oxygen atoms in total. The summed E-state index contributed by atoms with van der Waals surface area (Å²) in [5.41, 5.74) is 0.840. The number of pyridine rings is 1. The van der Waals surface area contributed by atoms with Crippen molar-refractivity contribution < 1.29 is 24.3 Å². The smallest absolute Gasteiger partial charge is 0.324 e. The maximum Gasteiger partial charge on any atom is 0.324 e. The Hall–Kier alpha value is -3.90. The minimum Gasteiger partial charge on any atom is -0.733 e. The monoisotopic (exact) mass is 524 g/mol. The predicted octanol–water partition coefficient (Wildman–Crippen LogP) is 1.44. The fraction of sp³-hybridized carbons (Fsp3) is 0.462. The van der Waals surface area contributed by atoms with Gasteiger partial charge in [-0.2, -0.15) is 0 Å². The van der Waals surface area contributed by atoms with E-state index in [0.29, 0.717) is 26.1 Å². The minimum absolute atomic E-state index is 0.0400. The van der Waals surface area contributed by atoms with E-state index >= 15 is 0 Å². The number of amides is 4. The van der Waals surface area contributed by atoms with Crippen LogP contribution in [0, 0.1) is 11.1 Å². The Kier molecular flexibility index (Phi) is 7.09. The van der Waals surface area contributed by atoms with E-state index in [1.807, 2.05) is 24.3 Å². The van der Waals surface area contributed by atoms with Crippen LogP contribution in [0.25, 0.3) is 0 Å². The number of fused-ring (bicyclic) bond motifs is 4. The Morgan fingerprint density at radius 1 is 1.13 bits per heavy atom. The van der Waals surface area contributed by atoms with Crippen molar-refractivity contribution in [3.05, 3.63) is 63.2 Å². The molecule has 0 saturated carbocycles. The molecule has 0 spiro atoms. The number of hydrogen-bond donors (Lipinski definition) is 2. The quantitative estimate of drug-likeness (QED) is 0.389. The Bertz CT molecular complexity index is 1290. The van der Waals surface area contributed by atoms with Crippen molar-refractivity contribution in [2.45, 2.75) is 44.2 Å². The summed E-state index contributed by atoms with van der Waals surface area (Å²) in [5, 5.41) is 22.7. The minimum atomic E-state index is -0.738. The summed E-state index contributed by atoms with van der Waals surface area (Å²) in [7, 11) is 1.59. The molecule has 4 amide bonds. The average molecular weight is 525 g/mol. The van der Waals surface area contributed by atoms with E-state index in [1.165, 1.54) is 15.5 Å². The molecule has 2 N–H and O–H groups in total. The Labute approximate surface area is 218 Å². The molecule has 2 fully saturated rings. The standard InChI is InChI=1S/C26H30N5O7/c1-38-19-4-2-16(3-5-19)10-11-29-24(33)20(27-26(29)35)6-9-23(32)28-13-17-12-18(15-28)21-7-8-22(31(36)37)25(34)30(21)14-17/h2-5,7-8,17-18,20,36H,6,9-15H2,1H3,(H,27,35)/q-1. The molecular formula is C26H30N5O7-. The third-order valence-corrected chi connectivity index (χ3v) is 7.68. The number of carbonyl (C=O) groups excluding carboxylic acids is 3. The highest BCUT2D eigenvalue weighted by molar-refractivity contribution is 6.04. The van der Waals surface area contributed by atoms with Gasteiger partial charge in [0.15, 0.2) is 0 Å². The van der Waals surface area contributed by atoms with E-state index in [2.05, 4.69) is 5.32 Å². The Balaban J connectivity index is 1.16. The van der Waals surface area contributed by atoms with Gasteiger partial charge in [-0.1, -0.05) is 12.1 Å². The molecule has 3 unspecified atom stereocenters. The fourth-order valence-electron chi connectivity index (χ4n) is 5.73. The number of likely N-dealkylation sites (tertiary alicyclic amines) is 1. The first-order valence-electron chi connectivity index (χ1n) is 12.7. The van der Waals surface area contributed by atoms with Gasteiger partial charge in [-0.05, 0) is 55.0 Å². The van der Waals surface area contributed by atoms with Crippen LogP contribution in [0.3, 0.4) is 0 Å². The van der Waals surface area contributed by atoms with Gasteiger partial charge in [-0.15, -0.1) is 0 Å². The molecule has 1 aromatic carbocycles. The number of rotatable bonds is 8. The Morgan fingerprint density at radius 3 is 2.61 bits per heavy atom. The van der Waals surface area contributed by atoms with E-state index in [9.17, 15) is 29.6 Å². The number of nitrogens with one attached hydrogen (secondary N) is 1. The number of urea groups is 1. The maximum atomic E-state index is 13.1. The lowest BCUT2D eigenvalue weighted by molar-refractivity contribution is -0.134. The predicted molar refractivity (Wildman–Crippen MR) is 136 cm³/mol. The largest absolute Gasteiger partial charge is 0.733 e. The number of piperidine rings is 1. The first-order chi connectivity index (χ1) is 18.2. The van der Waals surface area contributed by atoms with Crippen molar-refractivity contribution >= 4 is 23.5 Å². The highest BCUT2D eigenvalue weighted by atomic mass is 16.8. The molecule has 2 bridgehead atoms. The van der Waals surface area contributed by atoms with Crippen molar-refractivity contribution in [1.82, 2.24) is 19.7 Å². The maximum absolute atomic E-state index is 13.1. The Morgan fingerprint density at radius 2 is 1.89 bits per heavy atom. The number of imide groups is 1. The summed E-state index contributed by atoms with van der Waals surface area (Å²) >= 11 is 0. The molecule has 0 aliphatic carbocycles. The summed E-state index contributed by atoms with van der Waals surface area (Å²) < 4.78 is 6.66. The van der Waals surface area contributed by atoms with Crippen LogP contribution in [0.2, 0.25) is 0 Å².